The van der Waals surface area contributed by atoms with E-state index < -0.39 is 5.97 Å². The van der Waals surface area contributed by atoms with E-state index in [0.29, 0.717) is 11.6 Å². The number of nitrogens with zero attached hydrogens (tertiary/aromatic N) is 2. The first kappa shape index (κ1) is 11.9. The van der Waals surface area contributed by atoms with Crippen LogP contribution in [-0.2, 0) is 0 Å². The Hall–Kier alpha value is -1.58. The maximum absolute atomic E-state index is 10.9. The molecule has 4 heteroatoms. The summed E-state index contributed by atoms with van der Waals surface area (Å²) in [5.74, 6) is -0.137. The second kappa shape index (κ2) is 5.17. The highest BCUT2D eigenvalue weighted by molar-refractivity contribution is 5.88. The lowest BCUT2D eigenvalue weighted by Crippen LogP contribution is -2.34. The summed E-state index contributed by atoms with van der Waals surface area (Å²) < 4.78 is 0. The van der Waals surface area contributed by atoms with Crippen LogP contribution in [0.1, 0.15) is 42.5 Å². The van der Waals surface area contributed by atoms with Crippen LogP contribution in [-0.4, -0.2) is 29.1 Å². The smallest absolute Gasteiger partial charge is 0.335 e. The number of carboxylic acid groups (broad SMARTS) is 1. The molecular weight excluding hydrogens is 216 g/mol. The van der Waals surface area contributed by atoms with Crippen LogP contribution in [0.5, 0.6) is 0 Å². The lowest BCUT2D eigenvalue weighted by molar-refractivity contribution is 0.0697. The van der Waals surface area contributed by atoms with Gasteiger partial charge >= 0.3 is 5.97 Å². The highest BCUT2D eigenvalue weighted by Crippen LogP contribution is 2.25. The molecule has 0 spiro atoms. The van der Waals surface area contributed by atoms with Gasteiger partial charge in [0.25, 0.3) is 0 Å². The summed E-state index contributed by atoms with van der Waals surface area (Å²) in [6.45, 7) is 0. The van der Waals surface area contributed by atoms with Crippen molar-refractivity contribution >= 4 is 11.8 Å². The SMILES string of the molecule is CN(c1cc(C(=O)O)ccn1)C1CCCCC1. The number of aromatic carboxylic acids is 1. The largest absolute Gasteiger partial charge is 0.478 e. The molecule has 0 saturated heterocycles. The quantitative estimate of drug-likeness (QED) is 0.873. The summed E-state index contributed by atoms with van der Waals surface area (Å²) in [6.07, 6.45) is 7.75. The van der Waals surface area contributed by atoms with Crippen LogP contribution in [0.25, 0.3) is 0 Å². The van der Waals surface area contributed by atoms with Gasteiger partial charge in [0.2, 0.25) is 0 Å². The zero-order valence-corrected chi connectivity index (χ0v) is 10.1. The van der Waals surface area contributed by atoms with E-state index in [4.69, 9.17) is 5.11 Å². The van der Waals surface area contributed by atoms with Crippen LogP contribution in [0.3, 0.4) is 0 Å². The van der Waals surface area contributed by atoms with Gasteiger partial charge in [-0.05, 0) is 25.0 Å². The molecule has 1 aromatic heterocycles. The summed E-state index contributed by atoms with van der Waals surface area (Å²) in [4.78, 5) is 17.3. The predicted octanol–water partition coefficient (Wildman–Crippen LogP) is 2.55. The third-order valence-electron chi connectivity index (χ3n) is 3.48. The molecule has 1 N–H and O–H groups in total. The molecule has 1 aromatic rings. The third-order valence-corrected chi connectivity index (χ3v) is 3.48. The number of pyridine rings is 1. The number of hydrogen-bond acceptors (Lipinski definition) is 3. The lowest BCUT2D eigenvalue weighted by Gasteiger charge is -2.32. The Kier molecular flexibility index (Phi) is 3.61. The van der Waals surface area contributed by atoms with E-state index in [1.807, 2.05) is 7.05 Å². The van der Waals surface area contributed by atoms with Crippen molar-refractivity contribution in [1.29, 1.82) is 0 Å². The Morgan fingerprint density at radius 3 is 2.76 bits per heavy atom. The van der Waals surface area contributed by atoms with Crippen LogP contribution in [0.4, 0.5) is 5.82 Å². The first-order chi connectivity index (χ1) is 8.18. The number of anilines is 1. The van der Waals surface area contributed by atoms with Gasteiger partial charge in [-0.2, -0.15) is 0 Å². The van der Waals surface area contributed by atoms with Crippen molar-refractivity contribution in [3.63, 3.8) is 0 Å². The lowest BCUT2D eigenvalue weighted by atomic mass is 9.94. The summed E-state index contributed by atoms with van der Waals surface area (Å²) in [7, 11) is 2.00. The molecular formula is C13H18N2O2. The predicted molar refractivity (Wildman–Crippen MR) is 66.5 cm³/mol. The number of carbonyl (C=O) groups is 1. The van der Waals surface area contributed by atoms with Crippen LogP contribution < -0.4 is 4.90 Å². The van der Waals surface area contributed by atoms with Gasteiger partial charge in [0, 0.05) is 19.3 Å². The van der Waals surface area contributed by atoms with Gasteiger partial charge in [-0.25, -0.2) is 9.78 Å². The minimum absolute atomic E-state index is 0.303. The summed E-state index contributed by atoms with van der Waals surface area (Å²) in [5, 5.41) is 8.96. The molecule has 0 bridgehead atoms. The molecule has 0 amide bonds. The van der Waals surface area contributed by atoms with Gasteiger partial charge in [-0.15, -0.1) is 0 Å². The topological polar surface area (TPSA) is 53.4 Å². The molecule has 1 aliphatic carbocycles. The number of aromatic nitrogens is 1. The molecule has 0 aromatic carbocycles. The van der Waals surface area contributed by atoms with E-state index in [9.17, 15) is 4.79 Å². The van der Waals surface area contributed by atoms with Crippen molar-refractivity contribution in [2.75, 3.05) is 11.9 Å². The molecule has 17 heavy (non-hydrogen) atoms. The van der Waals surface area contributed by atoms with Crippen molar-refractivity contribution in [3.05, 3.63) is 23.9 Å². The number of rotatable bonds is 3. The molecule has 0 unspecified atom stereocenters. The molecule has 1 fully saturated rings. The van der Waals surface area contributed by atoms with Gasteiger partial charge in [-0.1, -0.05) is 19.3 Å². The second-order valence-electron chi connectivity index (χ2n) is 4.61. The normalized spacial score (nSPS) is 16.8. The minimum Gasteiger partial charge on any atom is -0.478 e. The average Bonchev–Trinajstić information content (AvgIpc) is 2.39. The average molecular weight is 234 g/mol. The zero-order chi connectivity index (χ0) is 12.3. The second-order valence-corrected chi connectivity index (χ2v) is 4.61. The van der Waals surface area contributed by atoms with E-state index in [-0.39, 0.29) is 0 Å². The van der Waals surface area contributed by atoms with E-state index >= 15 is 0 Å². The molecule has 1 aliphatic rings. The fraction of sp³-hybridized carbons (Fsp3) is 0.538. The van der Waals surface area contributed by atoms with Gasteiger partial charge in [0.15, 0.2) is 0 Å². The first-order valence-corrected chi connectivity index (χ1v) is 6.10. The fourth-order valence-corrected chi connectivity index (χ4v) is 2.40. The minimum atomic E-state index is -0.898. The van der Waals surface area contributed by atoms with Crippen molar-refractivity contribution in [2.24, 2.45) is 0 Å². The Morgan fingerprint density at radius 1 is 1.41 bits per heavy atom. The molecule has 1 heterocycles. The highest BCUT2D eigenvalue weighted by atomic mass is 16.4. The third kappa shape index (κ3) is 2.75. The molecule has 0 atom stereocenters. The van der Waals surface area contributed by atoms with Crippen LogP contribution >= 0.6 is 0 Å². The maximum atomic E-state index is 10.9. The van der Waals surface area contributed by atoms with Gasteiger partial charge in [0.1, 0.15) is 5.82 Å². The van der Waals surface area contributed by atoms with Gasteiger partial charge in [-0.3, -0.25) is 0 Å². The highest BCUT2D eigenvalue weighted by Gasteiger charge is 2.19. The van der Waals surface area contributed by atoms with E-state index in [0.717, 1.165) is 5.82 Å². The van der Waals surface area contributed by atoms with Gasteiger partial charge in [0.05, 0.1) is 5.56 Å². The molecule has 92 valence electrons. The van der Waals surface area contributed by atoms with Crippen molar-refractivity contribution < 1.29 is 9.90 Å². The molecule has 0 aliphatic heterocycles. The monoisotopic (exact) mass is 234 g/mol. The summed E-state index contributed by atoms with van der Waals surface area (Å²) in [6, 6.07) is 3.68. The van der Waals surface area contributed by atoms with E-state index in [1.165, 1.54) is 38.2 Å². The molecule has 2 rings (SSSR count). The standard InChI is InChI=1S/C13H18N2O2/c1-15(11-5-3-2-4-6-11)12-9-10(13(16)17)7-8-14-12/h7-9,11H,2-6H2,1H3,(H,16,17). The first-order valence-electron chi connectivity index (χ1n) is 6.10. The van der Waals surface area contributed by atoms with Crippen molar-refractivity contribution in [1.82, 2.24) is 4.98 Å². The van der Waals surface area contributed by atoms with Crippen LogP contribution in [0.15, 0.2) is 18.3 Å². The molecule has 1 saturated carbocycles. The van der Waals surface area contributed by atoms with Crippen LogP contribution in [0, 0.1) is 0 Å². The maximum Gasteiger partial charge on any atom is 0.335 e. The Balaban J connectivity index is 2.14. The van der Waals surface area contributed by atoms with Crippen LogP contribution in [0.2, 0.25) is 0 Å². The van der Waals surface area contributed by atoms with E-state index in [2.05, 4.69) is 9.88 Å². The molecule has 4 nitrogen and oxygen atoms in total. The van der Waals surface area contributed by atoms with Crippen molar-refractivity contribution in [2.45, 2.75) is 38.1 Å². The van der Waals surface area contributed by atoms with Crippen molar-refractivity contribution in [3.8, 4) is 0 Å². The number of hydrogen-bond donors (Lipinski definition) is 1. The zero-order valence-electron chi connectivity index (χ0n) is 10.1. The molecule has 0 radical (unpaired) electrons. The number of carboxylic acids is 1. The van der Waals surface area contributed by atoms with Gasteiger partial charge < -0.3 is 10.0 Å². The van der Waals surface area contributed by atoms with E-state index in [1.54, 1.807) is 12.3 Å². The Morgan fingerprint density at radius 2 is 2.12 bits per heavy atom. The summed E-state index contributed by atoms with van der Waals surface area (Å²) in [5.41, 5.74) is 0.303. The Labute approximate surface area is 101 Å². The fourth-order valence-electron chi connectivity index (χ4n) is 2.40. The Bertz CT molecular complexity index is 400. The summed E-state index contributed by atoms with van der Waals surface area (Å²) >= 11 is 0.